The van der Waals surface area contributed by atoms with Crippen LogP contribution in [0.3, 0.4) is 0 Å². The van der Waals surface area contributed by atoms with Crippen LogP contribution in [0, 0.1) is 13.8 Å². The van der Waals surface area contributed by atoms with Crippen molar-refractivity contribution in [1.29, 1.82) is 0 Å². The van der Waals surface area contributed by atoms with Crippen molar-refractivity contribution in [2.24, 2.45) is 0 Å². The highest BCUT2D eigenvalue weighted by molar-refractivity contribution is 5.78. The lowest BCUT2D eigenvalue weighted by Crippen LogP contribution is -3.14. The number of aryl methyl sites for hydroxylation is 2. The zero-order valence-electron chi connectivity index (χ0n) is 17.8. The van der Waals surface area contributed by atoms with E-state index in [9.17, 15) is 4.79 Å². The van der Waals surface area contributed by atoms with Gasteiger partial charge < -0.3 is 14.8 Å². The Hall–Kier alpha value is -1.88. The number of carbonyl (C=O) groups excluding carboxylic acids is 1. The molecule has 2 aliphatic rings. The van der Waals surface area contributed by atoms with Crippen LogP contribution in [-0.4, -0.2) is 52.5 Å². The zero-order chi connectivity index (χ0) is 19.8. The molecule has 2 N–H and O–H groups in total. The first-order valence-corrected chi connectivity index (χ1v) is 11.0. The van der Waals surface area contributed by atoms with Crippen molar-refractivity contribution in [1.82, 2.24) is 14.9 Å². The summed E-state index contributed by atoms with van der Waals surface area (Å²) in [6.45, 7) is 11.5. The Kier molecular flexibility index (Phi) is 5.46. The number of rotatable bonds is 3. The summed E-state index contributed by atoms with van der Waals surface area (Å²) in [6, 6.07) is 5.19. The molecule has 3 heterocycles. The second-order valence-electron chi connectivity index (χ2n) is 9.21. The van der Waals surface area contributed by atoms with Gasteiger partial charge in [0, 0.05) is 30.8 Å². The average molecular weight is 384 g/mol. The number of amides is 1. The average Bonchev–Trinajstić information content (AvgIpc) is 3.05. The number of imidazole rings is 1. The molecule has 28 heavy (non-hydrogen) atoms. The molecule has 0 bridgehead atoms. The molecule has 0 saturated carbocycles. The van der Waals surface area contributed by atoms with Crippen molar-refractivity contribution in [3.05, 3.63) is 29.1 Å². The fraction of sp³-hybridized carbons (Fsp3) is 0.652. The Morgan fingerprint density at radius 2 is 1.75 bits per heavy atom. The molecule has 0 aliphatic carbocycles. The fourth-order valence-electron chi connectivity index (χ4n) is 5.18. The summed E-state index contributed by atoms with van der Waals surface area (Å²) >= 11 is 0. The van der Waals surface area contributed by atoms with Crippen molar-refractivity contribution in [3.8, 4) is 0 Å². The van der Waals surface area contributed by atoms with Crippen LogP contribution in [-0.2, 0) is 4.79 Å². The van der Waals surface area contributed by atoms with Gasteiger partial charge in [0.25, 0.3) is 5.91 Å². The standard InChI is InChI=1S/C23H34N4O/c1-15-12-20-21(13-16(15)2)25-23(24-20)19-8-10-26(11-9-19)14-22(28)27-17(3)6-5-7-18(27)4/h12-13,17-19H,5-11,14H2,1-4H3,(H,24,25)/p+1/t17-,18-/m0/s1. The van der Waals surface area contributed by atoms with E-state index in [1.165, 1.54) is 22.4 Å². The van der Waals surface area contributed by atoms with E-state index in [0.717, 1.165) is 55.6 Å². The van der Waals surface area contributed by atoms with Gasteiger partial charge in [0.05, 0.1) is 24.1 Å². The van der Waals surface area contributed by atoms with Crippen molar-refractivity contribution in [2.45, 2.75) is 77.8 Å². The van der Waals surface area contributed by atoms with Crippen molar-refractivity contribution in [3.63, 3.8) is 0 Å². The summed E-state index contributed by atoms with van der Waals surface area (Å²) in [5.41, 5.74) is 4.83. The van der Waals surface area contributed by atoms with Crippen molar-refractivity contribution < 1.29 is 9.69 Å². The molecule has 152 valence electrons. The maximum atomic E-state index is 12.9. The van der Waals surface area contributed by atoms with Crippen molar-refractivity contribution in [2.75, 3.05) is 19.6 Å². The summed E-state index contributed by atoms with van der Waals surface area (Å²) < 4.78 is 0. The van der Waals surface area contributed by atoms with E-state index in [1.807, 2.05) is 0 Å². The van der Waals surface area contributed by atoms with E-state index in [0.29, 0.717) is 30.5 Å². The van der Waals surface area contributed by atoms with Gasteiger partial charge in [-0.2, -0.15) is 0 Å². The SMILES string of the molecule is Cc1cc2nc(C3CC[NH+](CC(=O)N4[C@@H](C)CCC[C@@H]4C)CC3)[nH]c2cc1C. The lowest BCUT2D eigenvalue weighted by Gasteiger charge is -2.40. The molecule has 2 aromatic rings. The number of piperidine rings is 2. The topological polar surface area (TPSA) is 53.4 Å². The van der Waals surface area contributed by atoms with Crippen LogP contribution in [0.4, 0.5) is 0 Å². The number of H-pyrrole nitrogens is 1. The van der Waals surface area contributed by atoms with Crippen LogP contribution < -0.4 is 4.90 Å². The minimum absolute atomic E-state index is 0.350. The first kappa shape index (κ1) is 19.4. The molecular weight excluding hydrogens is 348 g/mol. The summed E-state index contributed by atoms with van der Waals surface area (Å²) in [4.78, 5) is 24.9. The van der Waals surface area contributed by atoms with E-state index < -0.39 is 0 Å². The smallest absolute Gasteiger partial charge is 0.278 e. The van der Waals surface area contributed by atoms with Gasteiger partial charge in [-0.25, -0.2) is 4.98 Å². The van der Waals surface area contributed by atoms with Crippen LogP contribution >= 0.6 is 0 Å². The number of nitrogens with one attached hydrogen (secondary N) is 2. The van der Waals surface area contributed by atoms with E-state index in [4.69, 9.17) is 4.98 Å². The molecule has 2 saturated heterocycles. The largest absolute Gasteiger partial charge is 0.342 e. The molecule has 2 aliphatic heterocycles. The number of benzene rings is 1. The third kappa shape index (κ3) is 3.82. The molecule has 4 rings (SSSR count). The Morgan fingerprint density at radius 1 is 1.11 bits per heavy atom. The minimum Gasteiger partial charge on any atom is -0.342 e. The van der Waals surface area contributed by atoms with Gasteiger partial charge in [0.2, 0.25) is 0 Å². The highest BCUT2D eigenvalue weighted by Gasteiger charge is 2.33. The minimum atomic E-state index is 0.350. The van der Waals surface area contributed by atoms with Crippen LogP contribution in [0.5, 0.6) is 0 Å². The number of hydrogen-bond acceptors (Lipinski definition) is 2. The molecule has 1 aromatic carbocycles. The van der Waals surface area contributed by atoms with E-state index in [1.54, 1.807) is 0 Å². The van der Waals surface area contributed by atoms with Crippen LogP contribution in [0.15, 0.2) is 12.1 Å². The first-order valence-electron chi connectivity index (χ1n) is 11.0. The normalized spacial score (nSPS) is 28.6. The van der Waals surface area contributed by atoms with Crippen LogP contribution in [0.1, 0.15) is 68.8 Å². The second kappa shape index (κ2) is 7.86. The molecule has 2 fully saturated rings. The Labute approximate surface area is 168 Å². The number of nitrogens with zero attached hydrogens (tertiary/aromatic N) is 2. The predicted molar refractivity (Wildman–Crippen MR) is 113 cm³/mol. The summed E-state index contributed by atoms with van der Waals surface area (Å²) in [5.74, 6) is 1.96. The molecule has 1 amide bonds. The van der Waals surface area contributed by atoms with Gasteiger partial charge in [-0.15, -0.1) is 0 Å². The third-order valence-corrected chi connectivity index (χ3v) is 7.08. The summed E-state index contributed by atoms with van der Waals surface area (Å²) in [5, 5.41) is 0. The van der Waals surface area contributed by atoms with E-state index in [2.05, 4.69) is 49.7 Å². The van der Waals surface area contributed by atoms with Gasteiger partial charge in [0.1, 0.15) is 5.82 Å². The summed E-state index contributed by atoms with van der Waals surface area (Å²) in [7, 11) is 0. The Morgan fingerprint density at radius 3 is 2.43 bits per heavy atom. The number of likely N-dealkylation sites (tertiary alicyclic amines) is 2. The lowest BCUT2D eigenvalue weighted by molar-refractivity contribution is -0.897. The van der Waals surface area contributed by atoms with Crippen molar-refractivity contribution >= 4 is 16.9 Å². The maximum Gasteiger partial charge on any atom is 0.278 e. The first-order chi connectivity index (χ1) is 13.4. The zero-order valence-corrected chi connectivity index (χ0v) is 17.8. The maximum absolute atomic E-state index is 12.9. The molecular formula is C23H35N4O+. The molecule has 5 heteroatoms. The lowest BCUT2D eigenvalue weighted by atomic mass is 9.95. The second-order valence-corrected chi connectivity index (χ2v) is 9.21. The predicted octanol–water partition coefficient (Wildman–Crippen LogP) is 2.73. The number of quaternary nitrogens is 1. The quantitative estimate of drug-likeness (QED) is 0.856. The number of hydrogen-bond donors (Lipinski definition) is 2. The van der Waals surface area contributed by atoms with Crippen LogP contribution in [0.25, 0.3) is 11.0 Å². The fourth-order valence-corrected chi connectivity index (χ4v) is 5.18. The van der Waals surface area contributed by atoms with E-state index >= 15 is 0 Å². The number of aromatic nitrogens is 2. The van der Waals surface area contributed by atoms with E-state index in [-0.39, 0.29) is 0 Å². The molecule has 1 aromatic heterocycles. The third-order valence-electron chi connectivity index (χ3n) is 7.08. The number of aromatic amines is 1. The number of carbonyl (C=O) groups is 1. The monoisotopic (exact) mass is 383 g/mol. The van der Waals surface area contributed by atoms with Crippen LogP contribution in [0.2, 0.25) is 0 Å². The highest BCUT2D eigenvalue weighted by Crippen LogP contribution is 2.26. The van der Waals surface area contributed by atoms with Gasteiger partial charge in [0.15, 0.2) is 6.54 Å². The van der Waals surface area contributed by atoms with Gasteiger partial charge >= 0.3 is 0 Å². The van der Waals surface area contributed by atoms with Gasteiger partial charge in [-0.3, -0.25) is 4.79 Å². The molecule has 0 radical (unpaired) electrons. The molecule has 5 nitrogen and oxygen atoms in total. The molecule has 0 unspecified atom stereocenters. The Bertz CT molecular complexity index is 801. The van der Waals surface area contributed by atoms with Gasteiger partial charge in [-0.05, 0) is 70.2 Å². The highest BCUT2D eigenvalue weighted by atomic mass is 16.2. The summed E-state index contributed by atoms with van der Waals surface area (Å²) in [6.07, 6.45) is 5.76. The molecule has 0 spiro atoms. The number of fused-ring (bicyclic) bond motifs is 1. The molecule has 2 atom stereocenters. The van der Waals surface area contributed by atoms with Gasteiger partial charge in [-0.1, -0.05) is 0 Å². The Balaban J connectivity index is 1.36.